The Morgan fingerprint density at radius 2 is 2.04 bits per heavy atom. The summed E-state index contributed by atoms with van der Waals surface area (Å²) in [7, 11) is 0. The average molecular weight is 404 g/mol. The Morgan fingerprint density at radius 3 is 2.71 bits per heavy atom. The first-order valence-corrected chi connectivity index (χ1v) is 10.4. The van der Waals surface area contributed by atoms with Crippen molar-refractivity contribution in [3.05, 3.63) is 42.6 Å². The molecule has 2 aromatic heterocycles. The second kappa shape index (κ2) is 6.84. The lowest BCUT2D eigenvalue weighted by molar-refractivity contribution is 0.202. The summed E-state index contributed by atoms with van der Waals surface area (Å²) in [5.41, 5.74) is -0.823. The molecule has 150 valence electrons. The fourth-order valence-electron chi connectivity index (χ4n) is 4.09. The smallest absolute Gasteiger partial charge is 0.332 e. The van der Waals surface area contributed by atoms with E-state index >= 15 is 0 Å². The van der Waals surface area contributed by atoms with E-state index in [1.807, 2.05) is 26.2 Å². The molecule has 0 radical (unpaired) electrons. The lowest BCUT2D eigenvalue weighted by atomic mass is 9.85. The van der Waals surface area contributed by atoms with Crippen LogP contribution < -0.4 is 16.4 Å². The Hall–Kier alpha value is -2.49. The van der Waals surface area contributed by atoms with E-state index < -0.39 is 11.1 Å². The van der Waals surface area contributed by atoms with Gasteiger partial charge < -0.3 is 10.2 Å². The number of nitrogens with one attached hydrogen (secondary N) is 1. The molecule has 2 aliphatic heterocycles. The predicted octanol–water partition coefficient (Wildman–Crippen LogP) is 0.683. The van der Waals surface area contributed by atoms with Crippen molar-refractivity contribution in [1.29, 1.82) is 0 Å². The molecule has 0 bridgehead atoms. The number of amides is 2. The highest BCUT2D eigenvalue weighted by molar-refractivity contribution is 7.09. The summed E-state index contributed by atoms with van der Waals surface area (Å²) in [6.07, 6.45) is 1.44. The number of likely N-dealkylation sites (tertiary alicyclic amines) is 1. The first kappa shape index (κ1) is 18.9. The van der Waals surface area contributed by atoms with Crippen molar-refractivity contribution in [3.8, 4) is 0 Å². The molecule has 2 amide bonds. The van der Waals surface area contributed by atoms with E-state index in [1.54, 1.807) is 4.90 Å². The zero-order valence-corrected chi connectivity index (χ0v) is 17.1. The van der Waals surface area contributed by atoms with E-state index in [2.05, 4.69) is 15.4 Å². The van der Waals surface area contributed by atoms with Crippen LogP contribution in [0.4, 0.5) is 4.79 Å². The van der Waals surface area contributed by atoms with Gasteiger partial charge in [0.2, 0.25) is 0 Å². The van der Waals surface area contributed by atoms with Crippen LogP contribution in [0.2, 0.25) is 0 Å². The van der Waals surface area contributed by atoms with Crippen molar-refractivity contribution in [2.75, 3.05) is 13.1 Å². The number of urea groups is 1. The first-order chi connectivity index (χ1) is 13.3. The Labute approximate surface area is 166 Å². The number of thiazole rings is 1. The number of carbonyl (C=O) groups excluding carboxylic acids is 1. The van der Waals surface area contributed by atoms with Crippen molar-refractivity contribution in [2.45, 2.75) is 58.2 Å². The fraction of sp³-hybridized carbons (Fsp3) is 0.611. The van der Waals surface area contributed by atoms with Gasteiger partial charge in [-0.25, -0.2) is 14.5 Å². The highest BCUT2D eigenvalue weighted by atomic mass is 32.1. The zero-order chi connectivity index (χ0) is 20.1. The van der Waals surface area contributed by atoms with Crippen LogP contribution >= 0.6 is 11.3 Å². The van der Waals surface area contributed by atoms with Crippen LogP contribution in [0.5, 0.6) is 0 Å². The van der Waals surface area contributed by atoms with Crippen molar-refractivity contribution in [1.82, 2.24) is 29.5 Å². The molecule has 1 saturated heterocycles. The molecule has 9 nitrogen and oxygen atoms in total. The summed E-state index contributed by atoms with van der Waals surface area (Å²) < 4.78 is 2.72. The number of fused-ring (bicyclic) bond motifs is 2. The van der Waals surface area contributed by atoms with Crippen LogP contribution in [-0.2, 0) is 18.5 Å². The van der Waals surface area contributed by atoms with Crippen LogP contribution in [0.25, 0.3) is 0 Å². The van der Waals surface area contributed by atoms with E-state index in [0.717, 1.165) is 17.1 Å². The Bertz CT molecular complexity index is 1040. The minimum Gasteiger partial charge on any atom is -0.336 e. The maximum atomic E-state index is 12.7. The van der Waals surface area contributed by atoms with Crippen LogP contribution in [0.3, 0.4) is 0 Å². The molecule has 0 aliphatic carbocycles. The molecular formula is C18H24N6O3S. The maximum absolute atomic E-state index is 12.7. The molecule has 1 fully saturated rings. The second-order valence-corrected chi connectivity index (χ2v) is 8.97. The maximum Gasteiger partial charge on any atom is 0.332 e. The van der Waals surface area contributed by atoms with Crippen molar-refractivity contribution < 1.29 is 4.79 Å². The molecule has 1 spiro atoms. The Balaban J connectivity index is 1.67. The lowest BCUT2D eigenvalue weighted by Gasteiger charge is -2.24. The van der Waals surface area contributed by atoms with Gasteiger partial charge in [0.05, 0.1) is 22.7 Å². The largest absolute Gasteiger partial charge is 0.336 e. The fourth-order valence-corrected chi connectivity index (χ4v) is 4.69. The number of hydrogen-bond acceptors (Lipinski definition) is 6. The number of aromatic nitrogens is 4. The minimum atomic E-state index is -0.626. The van der Waals surface area contributed by atoms with E-state index in [0.29, 0.717) is 31.9 Å². The van der Waals surface area contributed by atoms with Gasteiger partial charge >= 0.3 is 17.1 Å². The lowest BCUT2D eigenvalue weighted by Crippen LogP contribution is -2.46. The van der Waals surface area contributed by atoms with E-state index in [-0.39, 0.29) is 24.0 Å². The van der Waals surface area contributed by atoms with Crippen LogP contribution in [0.15, 0.2) is 15.0 Å². The molecule has 2 aliphatic rings. The number of hydrogen-bond donors (Lipinski definition) is 1. The van der Waals surface area contributed by atoms with Gasteiger partial charge in [0.15, 0.2) is 0 Å². The third-order valence-corrected chi connectivity index (χ3v) is 6.28. The standard InChI is InChI=1S/C18H24N6O3S/c1-11(2)19-17(27)22-6-4-18(10-22)5-7-23-14(25)15(26)24(21-16(18)23)8-13-9-28-12(3)20-13/h9,11H,4-8,10H2,1-3H3,(H,19,27)/t18-/m0/s1. The quantitative estimate of drug-likeness (QED) is 0.758. The third-order valence-electron chi connectivity index (χ3n) is 5.45. The van der Waals surface area contributed by atoms with Crippen molar-refractivity contribution in [2.24, 2.45) is 0 Å². The molecular weight excluding hydrogens is 380 g/mol. The number of carbonyl (C=O) groups is 1. The average Bonchev–Trinajstić information content (AvgIpc) is 3.33. The normalized spacial score (nSPS) is 20.9. The molecule has 1 N–H and O–H groups in total. The number of nitrogens with zero attached hydrogens (tertiary/aromatic N) is 5. The van der Waals surface area contributed by atoms with Gasteiger partial charge in [0.1, 0.15) is 5.82 Å². The molecule has 2 aromatic rings. The van der Waals surface area contributed by atoms with E-state index in [9.17, 15) is 14.4 Å². The van der Waals surface area contributed by atoms with E-state index in [4.69, 9.17) is 0 Å². The molecule has 0 saturated carbocycles. The van der Waals surface area contributed by atoms with Crippen LogP contribution in [0.1, 0.15) is 43.2 Å². The third kappa shape index (κ3) is 3.15. The molecule has 0 aromatic carbocycles. The highest BCUT2D eigenvalue weighted by Gasteiger charge is 2.48. The summed E-state index contributed by atoms with van der Waals surface area (Å²) in [6, 6.07) is -0.0358. The second-order valence-electron chi connectivity index (χ2n) is 7.91. The molecule has 4 heterocycles. The van der Waals surface area contributed by atoms with Crippen LogP contribution in [0, 0.1) is 6.92 Å². The van der Waals surface area contributed by atoms with Gasteiger partial charge in [-0.15, -0.1) is 11.3 Å². The summed E-state index contributed by atoms with van der Waals surface area (Å²) in [5.74, 6) is 0.615. The molecule has 28 heavy (non-hydrogen) atoms. The molecule has 4 rings (SSSR count). The van der Waals surface area contributed by atoms with Gasteiger partial charge in [-0.1, -0.05) is 0 Å². The van der Waals surface area contributed by atoms with Gasteiger partial charge in [-0.3, -0.25) is 14.2 Å². The molecule has 10 heteroatoms. The Morgan fingerprint density at radius 1 is 1.29 bits per heavy atom. The summed E-state index contributed by atoms with van der Waals surface area (Å²) in [4.78, 5) is 43.7. The van der Waals surface area contributed by atoms with E-state index in [1.165, 1.54) is 20.6 Å². The van der Waals surface area contributed by atoms with Crippen LogP contribution in [-0.4, -0.2) is 49.4 Å². The topological polar surface area (TPSA) is 102 Å². The zero-order valence-electron chi connectivity index (χ0n) is 16.3. The van der Waals surface area contributed by atoms with Crippen molar-refractivity contribution >= 4 is 17.4 Å². The summed E-state index contributed by atoms with van der Waals surface area (Å²) in [5, 5.41) is 10.3. The Kier molecular flexibility index (Phi) is 4.60. The first-order valence-electron chi connectivity index (χ1n) is 9.48. The highest BCUT2D eigenvalue weighted by Crippen LogP contribution is 2.40. The van der Waals surface area contributed by atoms with Gasteiger partial charge in [0.25, 0.3) is 0 Å². The van der Waals surface area contributed by atoms with Gasteiger partial charge in [-0.2, -0.15) is 5.10 Å². The number of rotatable bonds is 3. The monoisotopic (exact) mass is 404 g/mol. The summed E-state index contributed by atoms with van der Waals surface area (Å²) >= 11 is 1.50. The predicted molar refractivity (Wildman–Crippen MR) is 105 cm³/mol. The summed E-state index contributed by atoms with van der Waals surface area (Å²) in [6.45, 7) is 7.51. The number of aryl methyl sites for hydroxylation is 1. The molecule has 0 unspecified atom stereocenters. The van der Waals surface area contributed by atoms with Crippen molar-refractivity contribution in [3.63, 3.8) is 0 Å². The minimum absolute atomic E-state index is 0.0624. The van der Waals surface area contributed by atoms with Gasteiger partial charge in [0, 0.05) is 31.1 Å². The molecule has 1 atom stereocenters. The van der Waals surface area contributed by atoms with Gasteiger partial charge in [-0.05, 0) is 33.6 Å². The SMILES string of the molecule is Cc1nc(Cn2nc3n(c(=O)c2=O)CC[C@]32CCN(C(=O)NC(C)C)C2)cs1.